The third kappa shape index (κ3) is 3.88. The van der Waals surface area contributed by atoms with E-state index in [9.17, 15) is 4.79 Å². The van der Waals surface area contributed by atoms with Crippen LogP contribution in [0.1, 0.15) is 20.3 Å². The second kappa shape index (κ2) is 5.71. The fraction of sp³-hybridized carbons (Fsp3) is 0.250. The maximum atomic E-state index is 11.5. The number of carbonyl (C=O) groups excluding carboxylic acids is 1. The van der Waals surface area contributed by atoms with Crippen molar-refractivity contribution in [2.75, 3.05) is 0 Å². The molecule has 1 rings (SSSR count). The number of esters is 1. The van der Waals surface area contributed by atoms with Crippen LogP contribution in [-0.4, -0.2) is 5.97 Å². The van der Waals surface area contributed by atoms with Gasteiger partial charge in [-0.2, -0.15) is 0 Å². The van der Waals surface area contributed by atoms with Crippen molar-refractivity contribution in [1.82, 2.24) is 0 Å². The average molecular weight is 269 g/mol. The molecule has 0 aliphatic carbocycles. The van der Waals surface area contributed by atoms with Gasteiger partial charge in [-0.1, -0.05) is 28.9 Å². The SMILES string of the molecule is CCC=C(C)C(=O)Oc1ccc(Br)cc1. The Morgan fingerprint density at radius 2 is 2.00 bits per heavy atom. The molecule has 3 heteroatoms. The van der Waals surface area contributed by atoms with Crippen molar-refractivity contribution in [2.24, 2.45) is 0 Å². The summed E-state index contributed by atoms with van der Waals surface area (Å²) in [5.41, 5.74) is 0.639. The first-order valence-electron chi connectivity index (χ1n) is 4.78. The zero-order valence-corrected chi connectivity index (χ0v) is 10.4. The lowest BCUT2D eigenvalue weighted by Crippen LogP contribution is -2.08. The Morgan fingerprint density at radius 3 is 2.53 bits per heavy atom. The number of carbonyl (C=O) groups is 1. The van der Waals surface area contributed by atoms with Crippen molar-refractivity contribution in [2.45, 2.75) is 20.3 Å². The van der Waals surface area contributed by atoms with Crippen LogP contribution in [0.5, 0.6) is 5.75 Å². The third-order valence-electron chi connectivity index (χ3n) is 1.86. The van der Waals surface area contributed by atoms with Crippen LogP contribution in [0.3, 0.4) is 0 Å². The van der Waals surface area contributed by atoms with Crippen LogP contribution in [0.4, 0.5) is 0 Å². The van der Waals surface area contributed by atoms with E-state index < -0.39 is 0 Å². The molecular weight excluding hydrogens is 256 g/mol. The highest BCUT2D eigenvalue weighted by molar-refractivity contribution is 9.10. The maximum Gasteiger partial charge on any atom is 0.338 e. The van der Waals surface area contributed by atoms with Gasteiger partial charge in [0.25, 0.3) is 0 Å². The highest BCUT2D eigenvalue weighted by Crippen LogP contribution is 2.17. The first kappa shape index (κ1) is 12.0. The number of hydrogen-bond donors (Lipinski definition) is 0. The van der Waals surface area contributed by atoms with Crippen LogP contribution in [0.15, 0.2) is 40.4 Å². The molecular formula is C12H13BrO2. The first-order chi connectivity index (χ1) is 7.13. The minimum Gasteiger partial charge on any atom is -0.423 e. The van der Waals surface area contributed by atoms with Crippen molar-refractivity contribution in [3.63, 3.8) is 0 Å². The topological polar surface area (TPSA) is 26.3 Å². The van der Waals surface area contributed by atoms with Gasteiger partial charge in [0, 0.05) is 10.0 Å². The minimum atomic E-state index is -0.292. The van der Waals surface area contributed by atoms with E-state index in [0.29, 0.717) is 11.3 Å². The normalized spacial score (nSPS) is 11.3. The zero-order chi connectivity index (χ0) is 11.3. The van der Waals surface area contributed by atoms with E-state index in [1.165, 1.54) is 0 Å². The summed E-state index contributed by atoms with van der Waals surface area (Å²) >= 11 is 3.31. The standard InChI is InChI=1S/C12H13BrO2/c1-3-4-9(2)12(14)15-11-7-5-10(13)6-8-11/h4-8H,3H2,1-2H3. The average Bonchev–Trinajstić information content (AvgIpc) is 2.22. The van der Waals surface area contributed by atoms with Gasteiger partial charge in [-0.3, -0.25) is 0 Å². The molecule has 2 nitrogen and oxygen atoms in total. The van der Waals surface area contributed by atoms with Gasteiger partial charge >= 0.3 is 5.97 Å². The first-order valence-corrected chi connectivity index (χ1v) is 5.57. The van der Waals surface area contributed by atoms with Crippen molar-refractivity contribution in [3.05, 3.63) is 40.4 Å². The molecule has 0 atom stereocenters. The summed E-state index contributed by atoms with van der Waals surface area (Å²) in [6.45, 7) is 3.74. The maximum absolute atomic E-state index is 11.5. The summed E-state index contributed by atoms with van der Waals surface area (Å²) in [5.74, 6) is 0.270. The molecule has 0 amide bonds. The Hall–Kier alpha value is -1.09. The van der Waals surface area contributed by atoms with Crippen molar-refractivity contribution in [1.29, 1.82) is 0 Å². The van der Waals surface area contributed by atoms with Crippen LogP contribution < -0.4 is 4.74 Å². The largest absolute Gasteiger partial charge is 0.423 e. The van der Waals surface area contributed by atoms with E-state index in [-0.39, 0.29) is 5.97 Å². The van der Waals surface area contributed by atoms with Gasteiger partial charge in [-0.05, 0) is 37.6 Å². The summed E-state index contributed by atoms with van der Waals surface area (Å²) in [4.78, 5) is 11.5. The number of hydrogen-bond acceptors (Lipinski definition) is 2. The van der Waals surface area contributed by atoms with Crippen LogP contribution in [-0.2, 0) is 4.79 Å². The highest BCUT2D eigenvalue weighted by atomic mass is 79.9. The quantitative estimate of drug-likeness (QED) is 0.475. The molecule has 15 heavy (non-hydrogen) atoms. The minimum absolute atomic E-state index is 0.292. The molecule has 0 saturated carbocycles. The number of benzene rings is 1. The monoisotopic (exact) mass is 268 g/mol. The molecule has 0 spiro atoms. The Kier molecular flexibility index (Phi) is 4.56. The second-order valence-electron chi connectivity index (χ2n) is 3.14. The van der Waals surface area contributed by atoms with Crippen LogP contribution >= 0.6 is 15.9 Å². The predicted molar refractivity (Wildman–Crippen MR) is 63.8 cm³/mol. The lowest BCUT2D eigenvalue weighted by atomic mass is 10.2. The summed E-state index contributed by atoms with van der Waals surface area (Å²) in [5, 5.41) is 0. The highest BCUT2D eigenvalue weighted by Gasteiger charge is 2.06. The van der Waals surface area contributed by atoms with Gasteiger partial charge in [-0.15, -0.1) is 0 Å². The number of ether oxygens (including phenoxy) is 1. The van der Waals surface area contributed by atoms with Gasteiger partial charge < -0.3 is 4.74 Å². The van der Waals surface area contributed by atoms with Crippen molar-refractivity contribution in [3.8, 4) is 5.75 Å². The Morgan fingerprint density at radius 1 is 1.40 bits per heavy atom. The third-order valence-corrected chi connectivity index (χ3v) is 2.39. The smallest absolute Gasteiger partial charge is 0.338 e. The molecule has 0 N–H and O–H groups in total. The Bertz CT molecular complexity index is 366. The molecule has 0 bridgehead atoms. The fourth-order valence-corrected chi connectivity index (χ4v) is 1.34. The van der Waals surface area contributed by atoms with Gasteiger partial charge in [0.2, 0.25) is 0 Å². The lowest BCUT2D eigenvalue weighted by Gasteiger charge is -2.03. The van der Waals surface area contributed by atoms with E-state index >= 15 is 0 Å². The number of allylic oxidation sites excluding steroid dienone is 1. The molecule has 1 aromatic carbocycles. The molecule has 0 aliphatic heterocycles. The van der Waals surface area contributed by atoms with Crippen molar-refractivity contribution < 1.29 is 9.53 Å². The number of halogens is 1. The summed E-state index contributed by atoms with van der Waals surface area (Å²) in [6.07, 6.45) is 2.68. The summed E-state index contributed by atoms with van der Waals surface area (Å²) in [7, 11) is 0. The van der Waals surface area contributed by atoms with Crippen molar-refractivity contribution >= 4 is 21.9 Å². The predicted octanol–water partition coefficient (Wildman–Crippen LogP) is 3.71. The Labute approximate surface area is 98.1 Å². The molecule has 0 fully saturated rings. The molecule has 0 unspecified atom stereocenters. The molecule has 80 valence electrons. The van der Waals surface area contributed by atoms with E-state index in [2.05, 4.69) is 15.9 Å². The zero-order valence-electron chi connectivity index (χ0n) is 8.79. The Balaban J connectivity index is 2.66. The van der Waals surface area contributed by atoms with Gasteiger partial charge in [-0.25, -0.2) is 4.79 Å². The van der Waals surface area contributed by atoms with Crippen LogP contribution in [0.25, 0.3) is 0 Å². The molecule has 1 aromatic rings. The summed E-state index contributed by atoms with van der Waals surface area (Å²) < 4.78 is 6.12. The van der Waals surface area contributed by atoms with Gasteiger partial charge in [0.05, 0.1) is 0 Å². The molecule has 0 heterocycles. The van der Waals surface area contributed by atoms with Gasteiger partial charge in [0.1, 0.15) is 5.75 Å². The van der Waals surface area contributed by atoms with Gasteiger partial charge in [0.15, 0.2) is 0 Å². The van der Waals surface area contributed by atoms with E-state index in [4.69, 9.17) is 4.74 Å². The van der Waals surface area contributed by atoms with E-state index in [1.54, 1.807) is 19.1 Å². The second-order valence-corrected chi connectivity index (χ2v) is 4.05. The van der Waals surface area contributed by atoms with Crippen LogP contribution in [0.2, 0.25) is 0 Å². The molecule has 0 aliphatic rings. The number of rotatable bonds is 3. The van der Waals surface area contributed by atoms with E-state index in [1.807, 2.05) is 25.1 Å². The molecule has 0 radical (unpaired) electrons. The fourth-order valence-electron chi connectivity index (χ4n) is 1.08. The lowest BCUT2D eigenvalue weighted by molar-refractivity contribution is -0.130. The summed E-state index contributed by atoms with van der Waals surface area (Å²) in [6, 6.07) is 7.17. The van der Waals surface area contributed by atoms with E-state index in [0.717, 1.165) is 10.9 Å². The van der Waals surface area contributed by atoms with Crippen LogP contribution in [0, 0.1) is 0 Å². The molecule has 0 saturated heterocycles. The molecule has 0 aromatic heterocycles.